The van der Waals surface area contributed by atoms with Crippen LogP contribution in [0.5, 0.6) is 0 Å². The average Bonchev–Trinajstić information content (AvgIpc) is 3.37. The minimum atomic E-state index is -0.0833. The number of carbonyl (C=O) groups excluding carboxylic acids is 1. The molecule has 1 atom stereocenters. The van der Waals surface area contributed by atoms with Gasteiger partial charge < -0.3 is 9.73 Å². The molecule has 3 heterocycles. The first kappa shape index (κ1) is 20.5. The van der Waals surface area contributed by atoms with Crippen molar-refractivity contribution < 1.29 is 9.21 Å². The largest absolute Gasteiger partial charge is 0.467 e. The molecule has 1 amide bonds. The highest BCUT2D eigenvalue weighted by Gasteiger charge is 2.33. The number of fused-ring (bicyclic) bond motifs is 1. The standard InChI is InChI=1S/C24H27N3O2S/c1-24(2,3)17-6-7-19-20(13-17)30-23(27-14-16-8-10-25-11-9-16)21(19)22(28)26-15-18-5-4-12-29-18/h4-5,8-12,14,17H,6-7,13,15H2,1-3H3,(H,26,28)/t17-/m1/s1. The van der Waals surface area contributed by atoms with E-state index in [1.807, 2.05) is 30.5 Å². The fourth-order valence-electron chi connectivity index (χ4n) is 3.89. The molecule has 0 saturated carbocycles. The maximum absolute atomic E-state index is 13.2. The molecule has 0 radical (unpaired) electrons. The summed E-state index contributed by atoms with van der Waals surface area (Å²) in [5.74, 6) is 1.27. The average molecular weight is 422 g/mol. The van der Waals surface area contributed by atoms with Crippen molar-refractivity contribution in [2.75, 3.05) is 0 Å². The van der Waals surface area contributed by atoms with E-state index in [4.69, 9.17) is 9.41 Å². The predicted molar refractivity (Wildman–Crippen MR) is 121 cm³/mol. The highest BCUT2D eigenvalue weighted by Crippen LogP contribution is 2.45. The molecular formula is C24H27N3O2S. The van der Waals surface area contributed by atoms with Gasteiger partial charge in [-0.2, -0.15) is 0 Å². The van der Waals surface area contributed by atoms with Crippen LogP contribution < -0.4 is 5.32 Å². The molecule has 0 fully saturated rings. The number of carbonyl (C=O) groups is 1. The maximum atomic E-state index is 13.2. The maximum Gasteiger partial charge on any atom is 0.255 e. The van der Waals surface area contributed by atoms with Crippen LogP contribution in [0, 0.1) is 11.3 Å². The van der Waals surface area contributed by atoms with Crippen LogP contribution in [0.2, 0.25) is 0 Å². The van der Waals surface area contributed by atoms with Crippen LogP contribution in [0.3, 0.4) is 0 Å². The van der Waals surface area contributed by atoms with E-state index in [0.29, 0.717) is 12.5 Å². The second-order valence-corrected chi connectivity index (χ2v) is 9.87. The van der Waals surface area contributed by atoms with Gasteiger partial charge in [0.1, 0.15) is 10.8 Å². The molecule has 0 spiro atoms. The van der Waals surface area contributed by atoms with E-state index in [2.05, 4.69) is 31.1 Å². The van der Waals surface area contributed by atoms with Crippen molar-refractivity contribution in [3.63, 3.8) is 0 Å². The molecule has 6 heteroatoms. The number of hydrogen-bond donors (Lipinski definition) is 1. The minimum absolute atomic E-state index is 0.0833. The number of hydrogen-bond acceptors (Lipinski definition) is 5. The van der Waals surface area contributed by atoms with Gasteiger partial charge in [-0.15, -0.1) is 11.3 Å². The summed E-state index contributed by atoms with van der Waals surface area (Å²) in [6.07, 6.45) is 9.93. The van der Waals surface area contributed by atoms with Crippen LogP contribution in [-0.2, 0) is 19.4 Å². The highest BCUT2D eigenvalue weighted by atomic mass is 32.1. The zero-order valence-electron chi connectivity index (χ0n) is 17.6. The molecule has 1 aliphatic rings. The van der Waals surface area contributed by atoms with Gasteiger partial charge >= 0.3 is 0 Å². The number of thiophene rings is 1. The predicted octanol–water partition coefficient (Wildman–Crippen LogP) is 5.57. The summed E-state index contributed by atoms with van der Waals surface area (Å²) in [7, 11) is 0. The number of furan rings is 1. The summed E-state index contributed by atoms with van der Waals surface area (Å²) in [6, 6.07) is 7.50. The molecule has 30 heavy (non-hydrogen) atoms. The SMILES string of the molecule is CC(C)(C)[C@@H]1CCc2c(sc(N=Cc3ccncc3)c2C(=O)NCc2ccco2)C1. The molecule has 156 valence electrons. The number of rotatable bonds is 5. The van der Waals surface area contributed by atoms with Gasteiger partial charge in [-0.25, -0.2) is 4.99 Å². The summed E-state index contributed by atoms with van der Waals surface area (Å²) in [4.78, 5) is 23.2. The second-order valence-electron chi connectivity index (χ2n) is 8.79. The van der Waals surface area contributed by atoms with Crippen molar-refractivity contribution in [1.29, 1.82) is 0 Å². The molecule has 5 nitrogen and oxygen atoms in total. The van der Waals surface area contributed by atoms with Crippen molar-refractivity contribution in [2.24, 2.45) is 16.3 Å². The molecule has 0 saturated heterocycles. The van der Waals surface area contributed by atoms with Gasteiger partial charge in [0, 0.05) is 23.5 Å². The van der Waals surface area contributed by atoms with E-state index < -0.39 is 0 Å². The summed E-state index contributed by atoms with van der Waals surface area (Å²) in [5, 5.41) is 3.79. The fraction of sp³-hybridized carbons (Fsp3) is 0.375. The number of nitrogens with zero attached hydrogens (tertiary/aromatic N) is 2. The third-order valence-corrected chi connectivity index (χ3v) is 6.90. The molecule has 3 aromatic heterocycles. The van der Waals surface area contributed by atoms with Crippen molar-refractivity contribution in [3.8, 4) is 0 Å². The smallest absolute Gasteiger partial charge is 0.255 e. The van der Waals surface area contributed by atoms with E-state index in [1.54, 1.807) is 30.0 Å². The molecule has 0 unspecified atom stereocenters. The molecule has 4 rings (SSSR count). The molecule has 0 aliphatic heterocycles. The normalized spacial score (nSPS) is 16.6. The quantitative estimate of drug-likeness (QED) is 0.548. The Morgan fingerprint density at radius 1 is 1.33 bits per heavy atom. The monoisotopic (exact) mass is 421 g/mol. The van der Waals surface area contributed by atoms with Crippen LogP contribution in [0.4, 0.5) is 5.00 Å². The Morgan fingerprint density at radius 3 is 2.83 bits per heavy atom. The van der Waals surface area contributed by atoms with Crippen molar-refractivity contribution in [3.05, 3.63) is 70.3 Å². The molecule has 1 N–H and O–H groups in total. The van der Waals surface area contributed by atoms with Crippen LogP contribution in [-0.4, -0.2) is 17.1 Å². The Kier molecular flexibility index (Phi) is 5.86. The van der Waals surface area contributed by atoms with Gasteiger partial charge in [-0.1, -0.05) is 20.8 Å². The van der Waals surface area contributed by atoms with Crippen LogP contribution >= 0.6 is 11.3 Å². The topological polar surface area (TPSA) is 67.5 Å². The van der Waals surface area contributed by atoms with Crippen molar-refractivity contribution in [2.45, 2.75) is 46.6 Å². The van der Waals surface area contributed by atoms with Gasteiger partial charge in [0.15, 0.2) is 0 Å². The van der Waals surface area contributed by atoms with E-state index in [9.17, 15) is 4.79 Å². The molecule has 1 aliphatic carbocycles. The Bertz CT molecular complexity index is 1030. The summed E-state index contributed by atoms with van der Waals surface area (Å²) in [6.45, 7) is 7.27. The van der Waals surface area contributed by atoms with Gasteiger partial charge in [-0.3, -0.25) is 9.78 Å². The van der Waals surface area contributed by atoms with Gasteiger partial charge in [0.05, 0.1) is 18.4 Å². The lowest BCUT2D eigenvalue weighted by atomic mass is 9.72. The first-order valence-corrected chi connectivity index (χ1v) is 11.1. The lowest BCUT2D eigenvalue weighted by Crippen LogP contribution is -2.28. The minimum Gasteiger partial charge on any atom is -0.467 e. The van der Waals surface area contributed by atoms with E-state index >= 15 is 0 Å². The lowest BCUT2D eigenvalue weighted by Gasteiger charge is -2.33. The number of pyridine rings is 1. The molecule has 3 aromatic rings. The first-order valence-electron chi connectivity index (χ1n) is 10.3. The van der Waals surface area contributed by atoms with Crippen molar-refractivity contribution in [1.82, 2.24) is 10.3 Å². The van der Waals surface area contributed by atoms with Gasteiger partial charge in [-0.05, 0) is 66.0 Å². The number of amides is 1. The van der Waals surface area contributed by atoms with Crippen molar-refractivity contribution >= 4 is 28.5 Å². The van der Waals surface area contributed by atoms with Crippen LogP contribution in [0.1, 0.15) is 59.3 Å². The third-order valence-electron chi connectivity index (χ3n) is 5.74. The lowest BCUT2D eigenvalue weighted by molar-refractivity contribution is 0.0947. The van der Waals surface area contributed by atoms with Crippen LogP contribution in [0.25, 0.3) is 0 Å². The third kappa shape index (κ3) is 4.54. The molecular weight excluding hydrogens is 394 g/mol. The number of aromatic nitrogens is 1. The van der Waals surface area contributed by atoms with Crippen LogP contribution in [0.15, 0.2) is 52.3 Å². The Morgan fingerprint density at radius 2 is 2.13 bits per heavy atom. The Labute approximate surface area is 181 Å². The Balaban J connectivity index is 1.64. The van der Waals surface area contributed by atoms with Gasteiger partial charge in [0.2, 0.25) is 0 Å². The fourth-order valence-corrected chi connectivity index (χ4v) is 5.16. The Hall–Kier alpha value is -2.73. The molecule has 0 aromatic carbocycles. The first-order chi connectivity index (χ1) is 14.4. The van der Waals surface area contributed by atoms with E-state index in [0.717, 1.165) is 41.2 Å². The zero-order valence-corrected chi connectivity index (χ0v) is 18.5. The van der Waals surface area contributed by atoms with E-state index in [-0.39, 0.29) is 11.3 Å². The second kappa shape index (κ2) is 8.56. The zero-order chi connectivity index (χ0) is 21.1. The van der Waals surface area contributed by atoms with E-state index in [1.165, 1.54) is 10.4 Å². The highest BCUT2D eigenvalue weighted by molar-refractivity contribution is 7.16. The summed E-state index contributed by atoms with van der Waals surface area (Å²) in [5.41, 5.74) is 3.11. The molecule has 0 bridgehead atoms. The summed E-state index contributed by atoms with van der Waals surface area (Å²) >= 11 is 1.65. The van der Waals surface area contributed by atoms with Gasteiger partial charge in [0.25, 0.3) is 5.91 Å². The number of aliphatic imine (C=N–C) groups is 1. The summed E-state index contributed by atoms with van der Waals surface area (Å²) < 4.78 is 5.35. The number of nitrogens with one attached hydrogen (secondary N) is 1.